The number of aromatic nitrogens is 3. The second-order valence-corrected chi connectivity index (χ2v) is 8.75. The summed E-state index contributed by atoms with van der Waals surface area (Å²) < 4.78 is 11.5. The predicted octanol–water partition coefficient (Wildman–Crippen LogP) is 2.15. The second kappa shape index (κ2) is 9.30. The lowest BCUT2D eigenvalue weighted by Crippen LogP contribution is -2.33. The number of carbonyl (C=O) groups excluding carboxylic acids is 1. The zero-order valence-corrected chi connectivity index (χ0v) is 18.0. The van der Waals surface area contributed by atoms with Gasteiger partial charge in [-0.2, -0.15) is 0 Å². The molecule has 4 rings (SSSR count). The van der Waals surface area contributed by atoms with E-state index in [1.54, 1.807) is 48.7 Å². The summed E-state index contributed by atoms with van der Waals surface area (Å²) in [5.41, 5.74) is 0.980. The van der Waals surface area contributed by atoms with Crippen molar-refractivity contribution in [2.24, 2.45) is 0 Å². The van der Waals surface area contributed by atoms with Gasteiger partial charge in [0.15, 0.2) is 5.82 Å². The van der Waals surface area contributed by atoms with Crippen LogP contribution in [0.3, 0.4) is 0 Å². The number of hydrogen-bond acceptors (Lipinski definition) is 5. The average Bonchev–Trinajstić information content (AvgIpc) is 2.83. The van der Waals surface area contributed by atoms with Crippen molar-refractivity contribution in [1.82, 2.24) is 20.3 Å². The summed E-state index contributed by atoms with van der Waals surface area (Å²) in [5.74, 6) is -0.408. The fourth-order valence-corrected chi connectivity index (χ4v) is 3.80. The molecule has 4 aromatic rings. The van der Waals surface area contributed by atoms with E-state index in [1.807, 2.05) is 6.07 Å². The van der Waals surface area contributed by atoms with Crippen molar-refractivity contribution in [3.63, 3.8) is 0 Å². The Morgan fingerprint density at radius 2 is 1.58 bits per heavy atom. The van der Waals surface area contributed by atoms with Gasteiger partial charge in [-0.3, -0.25) is 19.1 Å². The van der Waals surface area contributed by atoms with Gasteiger partial charge in [0.1, 0.15) is 11.3 Å². The number of nitrogens with one attached hydrogen (secondary N) is 2. The summed E-state index contributed by atoms with van der Waals surface area (Å²) in [7, 11) is -4.40. The van der Waals surface area contributed by atoms with Crippen molar-refractivity contribution >= 4 is 18.8 Å². The zero-order valence-electron chi connectivity index (χ0n) is 17.1. The molecule has 2 aromatic heterocycles. The molecule has 2 aromatic carbocycles. The summed E-state index contributed by atoms with van der Waals surface area (Å²) in [4.78, 5) is 55.2. The number of rotatable bonds is 6. The molecule has 0 aliphatic carbocycles. The number of carbonyl (C=O) groups is 1. The first-order valence-electron chi connectivity index (χ1n) is 9.85. The molecule has 0 saturated carbocycles. The first-order valence-corrected chi connectivity index (χ1v) is 11.5. The van der Waals surface area contributed by atoms with Gasteiger partial charge >= 0.3 is 7.60 Å². The molecule has 0 bridgehead atoms. The van der Waals surface area contributed by atoms with E-state index in [2.05, 4.69) is 20.3 Å². The lowest BCUT2D eigenvalue weighted by atomic mass is 9.98. The Labute approximate surface area is 188 Å². The molecule has 0 fully saturated rings. The summed E-state index contributed by atoms with van der Waals surface area (Å²) in [6.45, 7) is 0. The number of aromatic amines is 1. The molecule has 1 atom stereocenters. The van der Waals surface area contributed by atoms with Gasteiger partial charge in [-0.25, -0.2) is 4.98 Å². The van der Waals surface area contributed by atoms with E-state index >= 15 is 0 Å². The van der Waals surface area contributed by atoms with Crippen molar-refractivity contribution in [1.29, 1.82) is 0 Å². The largest absolute Gasteiger partial charge is 0.356 e. The summed E-state index contributed by atoms with van der Waals surface area (Å²) in [6, 6.07) is 19.2. The molecular formula is C23H19N4O5P. The van der Waals surface area contributed by atoms with Crippen LogP contribution in [0.4, 0.5) is 0 Å². The van der Waals surface area contributed by atoms with Crippen molar-refractivity contribution in [3.05, 3.63) is 112 Å². The van der Waals surface area contributed by atoms with Crippen molar-refractivity contribution in [2.75, 3.05) is 0 Å². The molecule has 10 heteroatoms. The molecule has 0 spiro atoms. The normalized spacial score (nSPS) is 12.2. The Bertz CT molecular complexity index is 1370. The van der Waals surface area contributed by atoms with E-state index in [4.69, 9.17) is 0 Å². The van der Waals surface area contributed by atoms with Crippen LogP contribution in [-0.4, -0.2) is 30.6 Å². The number of nitrogens with zero attached hydrogens (tertiary/aromatic N) is 2. The Balaban J connectivity index is 1.65. The van der Waals surface area contributed by atoms with E-state index in [0.717, 1.165) is 5.56 Å². The SMILES string of the molecule is O=C(NC(c1ccccc1)c1ccc(P(=O)(O)O)cc1)c1cnc(-c2ccccn2)[nH]c1=O. The van der Waals surface area contributed by atoms with Crippen LogP contribution in [0.1, 0.15) is 27.5 Å². The highest BCUT2D eigenvalue weighted by Crippen LogP contribution is 2.33. The van der Waals surface area contributed by atoms with Gasteiger partial charge in [0, 0.05) is 12.4 Å². The minimum atomic E-state index is -4.40. The van der Waals surface area contributed by atoms with Crippen LogP contribution in [0.15, 0.2) is 90.0 Å². The van der Waals surface area contributed by atoms with Gasteiger partial charge in [0.05, 0.1) is 11.3 Å². The van der Waals surface area contributed by atoms with Gasteiger partial charge < -0.3 is 20.1 Å². The van der Waals surface area contributed by atoms with Crippen LogP contribution < -0.4 is 16.2 Å². The molecule has 4 N–H and O–H groups in total. The number of hydrogen-bond donors (Lipinski definition) is 4. The maximum Gasteiger partial charge on any atom is 0.356 e. The molecule has 33 heavy (non-hydrogen) atoms. The van der Waals surface area contributed by atoms with Crippen LogP contribution in [0.25, 0.3) is 11.5 Å². The molecule has 1 amide bonds. The third-order valence-corrected chi connectivity index (χ3v) is 5.89. The van der Waals surface area contributed by atoms with Crippen molar-refractivity contribution in [3.8, 4) is 11.5 Å². The Kier molecular flexibility index (Phi) is 6.28. The molecule has 2 heterocycles. The maximum absolute atomic E-state index is 13.0. The van der Waals surface area contributed by atoms with E-state index < -0.39 is 25.1 Å². The Hall–Kier alpha value is -3.91. The van der Waals surface area contributed by atoms with Crippen LogP contribution in [0.5, 0.6) is 0 Å². The quantitative estimate of drug-likeness (QED) is 0.321. The lowest BCUT2D eigenvalue weighted by Gasteiger charge is -2.20. The number of H-pyrrole nitrogens is 1. The first kappa shape index (κ1) is 22.3. The van der Waals surface area contributed by atoms with E-state index in [0.29, 0.717) is 11.3 Å². The van der Waals surface area contributed by atoms with Crippen LogP contribution in [-0.2, 0) is 4.57 Å². The third kappa shape index (κ3) is 5.12. The maximum atomic E-state index is 13.0. The van der Waals surface area contributed by atoms with Gasteiger partial charge in [-0.1, -0.05) is 48.5 Å². The fraction of sp³-hybridized carbons (Fsp3) is 0.0435. The van der Waals surface area contributed by atoms with E-state index in [9.17, 15) is 23.9 Å². The highest BCUT2D eigenvalue weighted by atomic mass is 31.2. The minimum Gasteiger partial charge on any atom is -0.341 e. The molecule has 1 unspecified atom stereocenters. The molecule has 0 radical (unpaired) electrons. The molecular weight excluding hydrogens is 443 g/mol. The van der Waals surface area contributed by atoms with Crippen LogP contribution in [0, 0.1) is 0 Å². The molecule has 0 aliphatic heterocycles. The standard InChI is InChI=1S/C23H19N4O5P/c28-22(18-14-25-21(27-23(18)29)19-8-4-5-13-24-19)26-20(15-6-2-1-3-7-15)16-9-11-17(12-10-16)33(30,31)32/h1-14,20H,(H,26,28)(H,25,27,29)(H2,30,31,32). The van der Waals surface area contributed by atoms with Gasteiger partial charge in [0.25, 0.3) is 11.5 Å². The van der Waals surface area contributed by atoms with Crippen LogP contribution in [0.2, 0.25) is 0 Å². The molecule has 0 aliphatic rings. The summed E-state index contributed by atoms with van der Waals surface area (Å²) in [6.07, 6.45) is 2.76. The first-order chi connectivity index (χ1) is 15.8. The second-order valence-electron chi connectivity index (χ2n) is 7.14. The highest BCUT2D eigenvalue weighted by Gasteiger charge is 2.22. The van der Waals surface area contributed by atoms with Gasteiger partial charge in [-0.05, 0) is 35.4 Å². The highest BCUT2D eigenvalue weighted by molar-refractivity contribution is 7.60. The van der Waals surface area contributed by atoms with Gasteiger partial charge in [0.2, 0.25) is 0 Å². The Morgan fingerprint density at radius 3 is 2.18 bits per heavy atom. The number of pyridine rings is 1. The number of benzene rings is 2. The van der Waals surface area contributed by atoms with Crippen LogP contribution >= 0.6 is 7.60 Å². The summed E-state index contributed by atoms with van der Waals surface area (Å²) in [5, 5.41) is 2.69. The predicted molar refractivity (Wildman–Crippen MR) is 122 cm³/mol. The average molecular weight is 462 g/mol. The zero-order chi connectivity index (χ0) is 23.4. The van der Waals surface area contributed by atoms with Crippen molar-refractivity contribution in [2.45, 2.75) is 6.04 Å². The fourth-order valence-electron chi connectivity index (χ4n) is 3.26. The Morgan fingerprint density at radius 1 is 0.909 bits per heavy atom. The lowest BCUT2D eigenvalue weighted by molar-refractivity contribution is 0.0941. The molecule has 9 nitrogen and oxygen atoms in total. The topological polar surface area (TPSA) is 145 Å². The van der Waals surface area contributed by atoms with E-state index in [1.165, 1.54) is 30.5 Å². The smallest absolute Gasteiger partial charge is 0.341 e. The number of amides is 1. The van der Waals surface area contributed by atoms with E-state index in [-0.39, 0.29) is 16.7 Å². The van der Waals surface area contributed by atoms with Crippen molar-refractivity contribution < 1.29 is 19.1 Å². The molecule has 166 valence electrons. The minimum absolute atomic E-state index is 0.129. The monoisotopic (exact) mass is 462 g/mol. The summed E-state index contributed by atoms with van der Waals surface area (Å²) >= 11 is 0. The third-order valence-electron chi connectivity index (χ3n) is 4.92. The van der Waals surface area contributed by atoms with Gasteiger partial charge in [-0.15, -0.1) is 0 Å². The molecule has 0 saturated heterocycles.